The van der Waals surface area contributed by atoms with Gasteiger partial charge in [0.1, 0.15) is 0 Å². The molecule has 0 saturated heterocycles. The molecule has 1 atom stereocenters. The van der Waals surface area contributed by atoms with E-state index in [-0.39, 0.29) is 0 Å². The van der Waals surface area contributed by atoms with Crippen LogP contribution < -0.4 is 0 Å². The third-order valence-corrected chi connectivity index (χ3v) is 3.96. The minimum absolute atomic E-state index is 0.490. The summed E-state index contributed by atoms with van der Waals surface area (Å²) in [5, 5.41) is 0. The standard InChI is InChI=1S/C18H20N2/c1-12(2)14-7-6-8-15-13(3)11-17(20-18(14)15)16-9-4-5-10-19-16/h4-10,12-13H,11H2,1-3H3. The van der Waals surface area contributed by atoms with Crippen LogP contribution in [-0.4, -0.2) is 10.7 Å². The SMILES string of the molecule is CC(C)c1cccc2c1N=C(c1ccccn1)CC2C. The summed E-state index contributed by atoms with van der Waals surface area (Å²) in [6, 6.07) is 12.6. The molecular formula is C18H20N2. The number of fused-ring (bicyclic) bond motifs is 1. The van der Waals surface area contributed by atoms with Gasteiger partial charge in [-0.3, -0.25) is 9.98 Å². The van der Waals surface area contributed by atoms with E-state index in [9.17, 15) is 0 Å². The number of nitrogens with zero attached hydrogens (tertiary/aromatic N) is 2. The average Bonchev–Trinajstić information content (AvgIpc) is 2.47. The Hall–Kier alpha value is -1.96. The van der Waals surface area contributed by atoms with Gasteiger partial charge in [-0.1, -0.05) is 45.0 Å². The molecule has 20 heavy (non-hydrogen) atoms. The molecule has 1 aromatic heterocycles. The van der Waals surface area contributed by atoms with Crippen LogP contribution >= 0.6 is 0 Å². The fourth-order valence-corrected chi connectivity index (χ4v) is 2.85. The van der Waals surface area contributed by atoms with Gasteiger partial charge in [0.15, 0.2) is 0 Å². The zero-order valence-corrected chi connectivity index (χ0v) is 12.3. The lowest BCUT2D eigenvalue weighted by Crippen LogP contribution is -2.13. The van der Waals surface area contributed by atoms with Crippen LogP contribution in [0, 0.1) is 0 Å². The smallest absolute Gasteiger partial charge is 0.0844 e. The lowest BCUT2D eigenvalue weighted by molar-refractivity contribution is 0.777. The topological polar surface area (TPSA) is 25.2 Å². The van der Waals surface area contributed by atoms with Gasteiger partial charge in [-0.25, -0.2) is 0 Å². The average molecular weight is 264 g/mol. The van der Waals surface area contributed by atoms with E-state index in [0.717, 1.165) is 17.8 Å². The van der Waals surface area contributed by atoms with E-state index in [1.54, 1.807) is 0 Å². The van der Waals surface area contributed by atoms with Gasteiger partial charge in [0.05, 0.1) is 17.1 Å². The molecule has 0 aliphatic carbocycles. The summed E-state index contributed by atoms with van der Waals surface area (Å²) in [4.78, 5) is 9.39. The van der Waals surface area contributed by atoms with Crippen molar-refractivity contribution < 1.29 is 0 Å². The van der Waals surface area contributed by atoms with Gasteiger partial charge in [0.25, 0.3) is 0 Å². The van der Waals surface area contributed by atoms with E-state index in [4.69, 9.17) is 4.99 Å². The Balaban J connectivity index is 2.15. The lowest BCUT2D eigenvalue weighted by atomic mass is 9.86. The fraction of sp³-hybridized carbons (Fsp3) is 0.333. The van der Waals surface area contributed by atoms with Gasteiger partial charge in [-0.05, 0) is 41.5 Å². The summed E-state index contributed by atoms with van der Waals surface area (Å²) in [5.74, 6) is 0.988. The summed E-state index contributed by atoms with van der Waals surface area (Å²) >= 11 is 0. The van der Waals surface area contributed by atoms with Crippen LogP contribution in [0.25, 0.3) is 0 Å². The predicted molar refractivity (Wildman–Crippen MR) is 84.0 cm³/mol. The second kappa shape index (κ2) is 5.20. The minimum atomic E-state index is 0.490. The van der Waals surface area contributed by atoms with Crippen molar-refractivity contribution in [1.29, 1.82) is 0 Å². The third-order valence-electron chi connectivity index (χ3n) is 3.96. The van der Waals surface area contributed by atoms with Gasteiger partial charge in [0.2, 0.25) is 0 Å². The van der Waals surface area contributed by atoms with Crippen LogP contribution in [0.5, 0.6) is 0 Å². The zero-order valence-electron chi connectivity index (χ0n) is 12.3. The van der Waals surface area contributed by atoms with Crippen molar-refractivity contribution in [1.82, 2.24) is 4.98 Å². The van der Waals surface area contributed by atoms with Crippen molar-refractivity contribution in [2.24, 2.45) is 4.99 Å². The molecule has 0 bridgehead atoms. The molecule has 1 unspecified atom stereocenters. The van der Waals surface area contributed by atoms with Crippen LogP contribution in [0.2, 0.25) is 0 Å². The highest BCUT2D eigenvalue weighted by molar-refractivity contribution is 6.02. The molecule has 2 nitrogen and oxygen atoms in total. The molecule has 1 aromatic carbocycles. The van der Waals surface area contributed by atoms with Crippen molar-refractivity contribution in [2.45, 2.75) is 39.0 Å². The Labute approximate surface area is 120 Å². The largest absolute Gasteiger partial charge is 0.255 e. The Morgan fingerprint density at radius 3 is 2.65 bits per heavy atom. The first-order valence-corrected chi connectivity index (χ1v) is 7.28. The molecule has 2 aromatic rings. The number of rotatable bonds is 2. The van der Waals surface area contributed by atoms with Gasteiger partial charge in [0, 0.05) is 6.20 Å². The fourth-order valence-electron chi connectivity index (χ4n) is 2.85. The first-order chi connectivity index (χ1) is 9.66. The maximum atomic E-state index is 4.94. The first-order valence-electron chi connectivity index (χ1n) is 7.28. The number of pyridine rings is 1. The number of aromatic nitrogens is 1. The molecule has 2 heteroatoms. The summed E-state index contributed by atoms with van der Waals surface area (Å²) in [7, 11) is 0. The Bertz CT molecular complexity index is 642. The first kappa shape index (κ1) is 13.0. The number of aliphatic imine (C=N–C) groups is 1. The molecule has 1 aliphatic heterocycles. The van der Waals surface area contributed by atoms with E-state index in [0.29, 0.717) is 11.8 Å². The molecule has 102 valence electrons. The monoisotopic (exact) mass is 264 g/mol. The summed E-state index contributed by atoms with van der Waals surface area (Å²) in [5.41, 5.74) is 5.99. The quantitative estimate of drug-likeness (QED) is 0.762. The highest BCUT2D eigenvalue weighted by atomic mass is 14.8. The number of para-hydroxylation sites is 1. The predicted octanol–water partition coefficient (Wildman–Crippen LogP) is 4.83. The maximum Gasteiger partial charge on any atom is 0.0844 e. The molecule has 0 amide bonds. The molecule has 1 aliphatic rings. The zero-order chi connectivity index (χ0) is 14.1. The molecular weight excluding hydrogens is 244 g/mol. The molecule has 0 fully saturated rings. The summed E-state index contributed by atoms with van der Waals surface area (Å²) < 4.78 is 0. The van der Waals surface area contributed by atoms with Gasteiger partial charge < -0.3 is 0 Å². The van der Waals surface area contributed by atoms with E-state index in [1.165, 1.54) is 16.8 Å². The molecule has 2 heterocycles. The second-order valence-corrected chi connectivity index (χ2v) is 5.82. The molecule has 3 rings (SSSR count). The Morgan fingerprint density at radius 1 is 1.10 bits per heavy atom. The van der Waals surface area contributed by atoms with Crippen LogP contribution in [0.3, 0.4) is 0 Å². The molecule has 0 saturated carbocycles. The maximum absolute atomic E-state index is 4.94. The van der Waals surface area contributed by atoms with Crippen molar-refractivity contribution in [2.75, 3.05) is 0 Å². The van der Waals surface area contributed by atoms with Gasteiger partial charge in [-0.15, -0.1) is 0 Å². The number of hydrogen-bond donors (Lipinski definition) is 0. The van der Waals surface area contributed by atoms with Crippen molar-refractivity contribution >= 4 is 11.4 Å². The van der Waals surface area contributed by atoms with E-state index in [2.05, 4.69) is 50.0 Å². The van der Waals surface area contributed by atoms with Gasteiger partial charge in [-0.2, -0.15) is 0 Å². The molecule has 0 radical (unpaired) electrons. The van der Waals surface area contributed by atoms with Crippen molar-refractivity contribution in [3.8, 4) is 0 Å². The van der Waals surface area contributed by atoms with Crippen LogP contribution in [0.15, 0.2) is 47.6 Å². The van der Waals surface area contributed by atoms with Crippen LogP contribution in [0.1, 0.15) is 55.8 Å². The Kier molecular flexibility index (Phi) is 3.39. The van der Waals surface area contributed by atoms with Crippen LogP contribution in [0.4, 0.5) is 5.69 Å². The third kappa shape index (κ3) is 2.26. The van der Waals surface area contributed by atoms with Crippen molar-refractivity contribution in [3.05, 3.63) is 59.4 Å². The number of hydrogen-bond acceptors (Lipinski definition) is 2. The van der Waals surface area contributed by atoms with E-state index >= 15 is 0 Å². The van der Waals surface area contributed by atoms with Crippen LogP contribution in [-0.2, 0) is 0 Å². The molecule has 0 N–H and O–H groups in total. The van der Waals surface area contributed by atoms with Gasteiger partial charge >= 0.3 is 0 Å². The summed E-state index contributed by atoms with van der Waals surface area (Å²) in [6.45, 7) is 6.73. The highest BCUT2D eigenvalue weighted by Gasteiger charge is 2.23. The number of benzene rings is 1. The highest BCUT2D eigenvalue weighted by Crippen LogP contribution is 2.40. The summed E-state index contributed by atoms with van der Waals surface area (Å²) in [6.07, 6.45) is 2.80. The van der Waals surface area contributed by atoms with E-state index < -0.39 is 0 Å². The lowest BCUT2D eigenvalue weighted by Gasteiger charge is -2.24. The Morgan fingerprint density at radius 2 is 1.95 bits per heavy atom. The normalized spacial score (nSPS) is 17.8. The second-order valence-electron chi connectivity index (χ2n) is 5.82. The van der Waals surface area contributed by atoms with E-state index in [1.807, 2.05) is 18.3 Å². The minimum Gasteiger partial charge on any atom is -0.255 e. The molecule has 0 spiro atoms. The van der Waals surface area contributed by atoms with Crippen molar-refractivity contribution in [3.63, 3.8) is 0 Å².